The number of benzene rings is 2. The molecule has 0 aliphatic carbocycles. The van der Waals surface area contributed by atoms with Gasteiger partial charge in [0.2, 0.25) is 17.7 Å². The summed E-state index contributed by atoms with van der Waals surface area (Å²) in [4.78, 5) is 37.6. The largest absolute Gasteiger partial charge is 0.350 e. The zero-order chi connectivity index (χ0) is 19.2. The molecule has 3 rings (SSSR count). The zero-order valence-corrected chi connectivity index (χ0v) is 14.7. The van der Waals surface area contributed by atoms with Crippen molar-refractivity contribution >= 4 is 23.4 Å². The van der Waals surface area contributed by atoms with Gasteiger partial charge in [-0.1, -0.05) is 42.5 Å². The minimum Gasteiger partial charge on any atom is -0.350 e. The van der Waals surface area contributed by atoms with Crippen LogP contribution in [0.15, 0.2) is 54.6 Å². The van der Waals surface area contributed by atoms with E-state index >= 15 is 0 Å². The van der Waals surface area contributed by atoms with E-state index in [1.54, 1.807) is 6.07 Å². The fourth-order valence-electron chi connectivity index (χ4n) is 2.96. The van der Waals surface area contributed by atoms with Gasteiger partial charge in [-0.15, -0.1) is 0 Å². The number of carbonyl (C=O) groups excluding carboxylic acids is 3. The molecule has 0 spiro atoms. The number of carbonyl (C=O) groups is 3. The van der Waals surface area contributed by atoms with Gasteiger partial charge in [0.05, 0.1) is 18.2 Å². The minimum atomic E-state index is -0.612. The van der Waals surface area contributed by atoms with Crippen molar-refractivity contribution in [2.45, 2.75) is 13.0 Å². The second-order valence-electron chi connectivity index (χ2n) is 6.34. The predicted molar refractivity (Wildman–Crippen MR) is 98.2 cm³/mol. The van der Waals surface area contributed by atoms with Crippen molar-refractivity contribution in [3.63, 3.8) is 0 Å². The number of halogens is 1. The number of amides is 3. The van der Waals surface area contributed by atoms with Crippen molar-refractivity contribution in [2.75, 3.05) is 18.0 Å². The summed E-state index contributed by atoms with van der Waals surface area (Å²) in [6.45, 7) is 0.297. The lowest BCUT2D eigenvalue weighted by Gasteiger charge is -2.17. The van der Waals surface area contributed by atoms with E-state index in [9.17, 15) is 18.8 Å². The Balaban J connectivity index is 1.48. The van der Waals surface area contributed by atoms with Crippen molar-refractivity contribution in [2.24, 2.45) is 5.92 Å². The molecule has 2 aromatic rings. The van der Waals surface area contributed by atoms with E-state index in [2.05, 4.69) is 10.6 Å². The molecule has 1 unspecified atom stereocenters. The zero-order valence-electron chi connectivity index (χ0n) is 14.7. The van der Waals surface area contributed by atoms with Gasteiger partial charge in [-0.2, -0.15) is 0 Å². The molecule has 0 aromatic heterocycles. The van der Waals surface area contributed by atoms with Gasteiger partial charge in [0, 0.05) is 19.5 Å². The standard InChI is InChI=1S/C20H20FN3O3/c21-16-8-4-5-9-17(16)24-13-15(10-19(24)26)20(27)23-12-18(25)22-11-14-6-2-1-3-7-14/h1-9,15H,10-13H2,(H,22,25)(H,23,27). The molecule has 6 nitrogen and oxygen atoms in total. The Morgan fingerprint density at radius 2 is 1.74 bits per heavy atom. The molecule has 2 aromatic carbocycles. The van der Waals surface area contributed by atoms with Crippen molar-refractivity contribution in [3.8, 4) is 0 Å². The number of nitrogens with zero attached hydrogens (tertiary/aromatic N) is 1. The third-order valence-electron chi connectivity index (χ3n) is 4.39. The van der Waals surface area contributed by atoms with E-state index < -0.39 is 17.6 Å². The predicted octanol–water partition coefficient (Wildman–Crippen LogP) is 1.61. The molecule has 0 radical (unpaired) electrons. The van der Waals surface area contributed by atoms with Crippen LogP contribution < -0.4 is 15.5 Å². The Labute approximate surface area is 156 Å². The molecular weight excluding hydrogens is 349 g/mol. The Morgan fingerprint density at radius 3 is 2.48 bits per heavy atom. The summed E-state index contributed by atoms with van der Waals surface area (Å²) >= 11 is 0. The summed E-state index contributed by atoms with van der Waals surface area (Å²) in [6.07, 6.45) is -0.00813. The number of rotatable bonds is 6. The van der Waals surface area contributed by atoms with Crippen molar-refractivity contribution in [3.05, 3.63) is 66.0 Å². The van der Waals surface area contributed by atoms with E-state index in [-0.39, 0.29) is 37.0 Å². The van der Waals surface area contributed by atoms with Gasteiger partial charge in [-0.05, 0) is 17.7 Å². The van der Waals surface area contributed by atoms with Crippen molar-refractivity contribution in [1.29, 1.82) is 0 Å². The van der Waals surface area contributed by atoms with E-state index in [0.717, 1.165) is 5.56 Å². The maximum absolute atomic E-state index is 13.9. The molecule has 1 saturated heterocycles. The molecule has 1 heterocycles. The second kappa shape index (κ2) is 8.44. The molecule has 1 aliphatic heterocycles. The van der Waals surface area contributed by atoms with Crippen LogP contribution in [0.3, 0.4) is 0 Å². The maximum Gasteiger partial charge on any atom is 0.239 e. The molecule has 27 heavy (non-hydrogen) atoms. The van der Waals surface area contributed by atoms with E-state index in [1.807, 2.05) is 30.3 Å². The summed E-state index contributed by atoms with van der Waals surface area (Å²) < 4.78 is 13.9. The molecule has 0 bridgehead atoms. The van der Waals surface area contributed by atoms with E-state index in [4.69, 9.17) is 0 Å². The van der Waals surface area contributed by atoms with Crippen LogP contribution in [-0.2, 0) is 20.9 Å². The smallest absolute Gasteiger partial charge is 0.239 e. The Bertz CT molecular complexity index is 841. The normalized spacial score (nSPS) is 16.3. The SMILES string of the molecule is O=C(CNC(=O)C1CC(=O)N(c2ccccc2F)C1)NCc1ccccc1. The van der Waals surface area contributed by atoms with Crippen LogP contribution in [0.25, 0.3) is 0 Å². The number of nitrogens with one attached hydrogen (secondary N) is 2. The molecule has 0 saturated carbocycles. The quantitative estimate of drug-likeness (QED) is 0.812. The second-order valence-corrected chi connectivity index (χ2v) is 6.34. The Morgan fingerprint density at radius 1 is 1.04 bits per heavy atom. The fraction of sp³-hybridized carbons (Fsp3) is 0.250. The lowest BCUT2D eigenvalue weighted by molar-refractivity contribution is -0.129. The van der Waals surface area contributed by atoms with Gasteiger partial charge in [-0.25, -0.2) is 4.39 Å². The summed E-state index contributed by atoms with van der Waals surface area (Å²) in [7, 11) is 0. The Hall–Kier alpha value is -3.22. The highest BCUT2D eigenvalue weighted by molar-refractivity contribution is 6.00. The van der Waals surface area contributed by atoms with Gasteiger partial charge >= 0.3 is 0 Å². The first-order valence-electron chi connectivity index (χ1n) is 8.68. The molecule has 1 atom stereocenters. The third-order valence-corrected chi connectivity index (χ3v) is 4.39. The first-order chi connectivity index (χ1) is 13.0. The van der Waals surface area contributed by atoms with Crippen LogP contribution in [0, 0.1) is 11.7 Å². The van der Waals surface area contributed by atoms with Gasteiger partial charge < -0.3 is 15.5 Å². The number of hydrogen-bond acceptors (Lipinski definition) is 3. The van der Waals surface area contributed by atoms with Crippen LogP contribution in [0.4, 0.5) is 10.1 Å². The van der Waals surface area contributed by atoms with Gasteiger partial charge in [-0.3, -0.25) is 14.4 Å². The van der Waals surface area contributed by atoms with Crippen molar-refractivity contribution in [1.82, 2.24) is 10.6 Å². The lowest BCUT2D eigenvalue weighted by Crippen LogP contribution is -2.40. The highest BCUT2D eigenvalue weighted by Gasteiger charge is 2.36. The third kappa shape index (κ3) is 4.69. The first kappa shape index (κ1) is 18.6. The minimum absolute atomic E-state index is 0.00813. The van der Waals surface area contributed by atoms with Crippen LogP contribution in [0.2, 0.25) is 0 Å². The van der Waals surface area contributed by atoms with E-state index in [0.29, 0.717) is 6.54 Å². The number of hydrogen-bond donors (Lipinski definition) is 2. The highest BCUT2D eigenvalue weighted by atomic mass is 19.1. The summed E-state index contributed by atoms with van der Waals surface area (Å²) in [5.74, 6) is -2.14. The lowest BCUT2D eigenvalue weighted by atomic mass is 10.1. The molecule has 3 amide bonds. The average molecular weight is 369 g/mol. The topological polar surface area (TPSA) is 78.5 Å². The number of para-hydroxylation sites is 1. The average Bonchev–Trinajstić information content (AvgIpc) is 3.07. The molecule has 140 valence electrons. The molecule has 1 fully saturated rings. The van der Waals surface area contributed by atoms with Crippen LogP contribution in [0.1, 0.15) is 12.0 Å². The van der Waals surface area contributed by atoms with Crippen LogP contribution in [0.5, 0.6) is 0 Å². The summed E-state index contributed by atoms with van der Waals surface area (Å²) in [5.41, 5.74) is 1.12. The van der Waals surface area contributed by atoms with Gasteiger partial charge in [0.15, 0.2) is 0 Å². The van der Waals surface area contributed by atoms with Crippen LogP contribution >= 0.6 is 0 Å². The first-order valence-corrected chi connectivity index (χ1v) is 8.68. The van der Waals surface area contributed by atoms with Gasteiger partial charge in [0.1, 0.15) is 5.82 Å². The molecular formula is C20H20FN3O3. The molecule has 1 aliphatic rings. The van der Waals surface area contributed by atoms with Gasteiger partial charge in [0.25, 0.3) is 0 Å². The molecule has 7 heteroatoms. The summed E-state index contributed by atoms with van der Waals surface area (Å²) in [5, 5.41) is 5.26. The molecule has 2 N–H and O–H groups in total. The van der Waals surface area contributed by atoms with Crippen LogP contribution in [-0.4, -0.2) is 30.8 Å². The van der Waals surface area contributed by atoms with E-state index in [1.165, 1.54) is 23.1 Å². The Kier molecular flexibility index (Phi) is 5.80. The van der Waals surface area contributed by atoms with Crippen molar-refractivity contribution < 1.29 is 18.8 Å². The monoisotopic (exact) mass is 369 g/mol. The maximum atomic E-state index is 13.9. The number of anilines is 1. The fourth-order valence-corrected chi connectivity index (χ4v) is 2.96. The highest BCUT2D eigenvalue weighted by Crippen LogP contribution is 2.27. The summed E-state index contributed by atoms with van der Waals surface area (Å²) in [6, 6.07) is 15.4.